The number of benzene rings is 3. The third-order valence-corrected chi connectivity index (χ3v) is 6.61. The molecule has 43 heavy (non-hydrogen) atoms. The van der Waals surface area contributed by atoms with Crippen LogP contribution in [0, 0.1) is 0 Å². The zero-order chi connectivity index (χ0) is 30.3. The molecule has 2 aromatic heterocycles. The third-order valence-electron chi connectivity index (χ3n) is 6.61. The minimum Gasteiger partial charge on any atom is -0.508 e. The average Bonchev–Trinajstić information content (AvgIpc) is 3.40. The van der Waals surface area contributed by atoms with E-state index < -0.39 is 6.03 Å². The quantitative estimate of drug-likeness (QED) is 0.149. The zero-order valence-corrected chi connectivity index (χ0v) is 24.2. The van der Waals surface area contributed by atoms with Gasteiger partial charge in [0.05, 0.1) is 17.1 Å². The number of unbranched alkanes of at least 4 members (excludes halogenated alkanes) is 1. The maximum absolute atomic E-state index is 13.3. The SMILES string of the molecule is CCCCc1cc(NC(=O)Nc2ccc(Oc3ccnc(NC(=O)N(C)C)c3)c3ccccc23)n(-c2ccc(O)cc2)n1. The smallest absolute Gasteiger partial charge is 0.324 e. The second-order valence-electron chi connectivity index (χ2n) is 10.1. The number of ether oxygens (including phenoxy) is 1. The van der Waals surface area contributed by atoms with Crippen molar-refractivity contribution < 1.29 is 19.4 Å². The van der Waals surface area contributed by atoms with Crippen LogP contribution in [0.2, 0.25) is 0 Å². The van der Waals surface area contributed by atoms with Gasteiger partial charge in [0.15, 0.2) is 0 Å². The second kappa shape index (κ2) is 12.9. The van der Waals surface area contributed by atoms with E-state index in [1.165, 1.54) is 4.90 Å². The first kappa shape index (κ1) is 28.9. The number of urea groups is 2. The van der Waals surface area contributed by atoms with Crippen LogP contribution < -0.4 is 20.7 Å². The molecule has 5 rings (SSSR count). The van der Waals surface area contributed by atoms with Crippen molar-refractivity contribution in [3.05, 3.63) is 90.8 Å². The average molecular weight is 580 g/mol. The van der Waals surface area contributed by atoms with E-state index in [2.05, 4.69) is 33.0 Å². The van der Waals surface area contributed by atoms with Crippen LogP contribution in [0.1, 0.15) is 25.5 Å². The number of anilines is 3. The van der Waals surface area contributed by atoms with E-state index in [0.717, 1.165) is 35.7 Å². The molecule has 11 nitrogen and oxygen atoms in total. The summed E-state index contributed by atoms with van der Waals surface area (Å²) in [5, 5.41) is 24.6. The van der Waals surface area contributed by atoms with Crippen molar-refractivity contribution in [1.82, 2.24) is 19.7 Å². The Morgan fingerprint density at radius 2 is 1.70 bits per heavy atom. The van der Waals surface area contributed by atoms with E-state index in [0.29, 0.717) is 34.5 Å². The van der Waals surface area contributed by atoms with Gasteiger partial charge in [0.1, 0.15) is 28.9 Å². The second-order valence-corrected chi connectivity index (χ2v) is 10.1. The van der Waals surface area contributed by atoms with Gasteiger partial charge >= 0.3 is 12.1 Å². The Bertz CT molecular complexity index is 1750. The highest BCUT2D eigenvalue weighted by Gasteiger charge is 2.15. The first-order chi connectivity index (χ1) is 20.8. The van der Waals surface area contributed by atoms with Gasteiger partial charge < -0.3 is 20.1 Å². The summed E-state index contributed by atoms with van der Waals surface area (Å²) in [4.78, 5) is 30.9. The van der Waals surface area contributed by atoms with Crippen molar-refractivity contribution in [1.29, 1.82) is 0 Å². The van der Waals surface area contributed by atoms with Crippen molar-refractivity contribution in [2.75, 3.05) is 30.0 Å². The highest BCUT2D eigenvalue weighted by atomic mass is 16.5. The van der Waals surface area contributed by atoms with Gasteiger partial charge in [-0.2, -0.15) is 5.10 Å². The van der Waals surface area contributed by atoms with Gasteiger partial charge in [-0.15, -0.1) is 0 Å². The molecule has 0 atom stereocenters. The lowest BCUT2D eigenvalue weighted by atomic mass is 10.1. The molecule has 4 amide bonds. The number of amides is 4. The minimum atomic E-state index is -0.434. The maximum Gasteiger partial charge on any atom is 0.324 e. The Labute approximate surface area is 249 Å². The fraction of sp³-hybridized carbons (Fsp3) is 0.188. The van der Waals surface area contributed by atoms with Crippen LogP contribution in [-0.2, 0) is 6.42 Å². The van der Waals surface area contributed by atoms with E-state index >= 15 is 0 Å². The molecule has 0 aliphatic rings. The lowest BCUT2D eigenvalue weighted by Gasteiger charge is -2.15. The summed E-state index contributed by atoms with van der Waals surface area (Å²) < 4.78 is 7.83. The predicted octanol–water partition coefficient (Wildman–Crippen LogP) is 7.00. The molecule has 3 aromatic carbocycles. The Balaban J connectivity index is 1.37. The van der Waals surface area contributed by atoms with E-state index in [1.807, 2.05) is 30.3 Å². The van der Waals surface area contributed by atoms with Crippen LogP contribution in [0.3, 0.4) is 0 Å². The van der Waals surface area contributed by atoms with Gasteiger partial charge in [-0.1, -0.05) is 37.6 Å². The third kappa shape index (κ3) is 7.02. The maximum atomic E-state index is 13.3. The number of aromatic nitrogens is 3. The number of carbonyl (C=O) groups is 2. The standard InChI is InChI=1S/C32H33N7O4/c1-4-5-8-21-19-30(39(37-21)22-11-13-23(40)14-12-22)36-31(41)34-27-15-16-28(26-10-7-6-9-25(26)27)43-24-17-18-33-29(20-24)35-32(42)38(2)3/h6-7,9-20,40H,4-5,8H2,1-3H3,(H,33,35,42)(H2,34,36,41). The van der Waals surface area contributed by atoms with Crippen molar-refractivity contribution in [2.45, 2.75) is 26.2 Å². The molecule has 0 bridgehead atoms. The molecule has 0 saturated carbocycles. The lowest BCUT2D eigenvalue weighted by Crippen LogP contribution is -2.27. The number of fused-ring (bicyclic) bond motifs is 1. The molecule has 2 heterocycles. The number of carbonyl (C=O) groups excluding carboxylic acids is 2. The van der Waals surface area contributed by atoms with Crippen LogP contribution in [0.5, 0.6) is 17.2 Å². The summed E-state index contributed by atoms with van der Waals surface area (Å²) in [5.41, 5.74) is 2.16. The van der Waals surface area contributed by atoms with Gasteiger partial charge in [-0.25, -0.2) is 19.3 Å². The molecule has 0 radical (unpaired) electrons. The number of rotatable bonds is 9. The molecule has 0 spiro atoms. The van der Waals surface area contributed by atoms with E-state index in [4.69, 9.17) is 4.74 Å². The monoisotopic (exact) mass is 579 g/mol. The normalized spacial score (nSPS) is 10.8. The van der Waals surface area contributed by atoms with Crippen molar-refractivity contribution in [3.63, 3.8) is 0 Å². The van der Waals surface area contributed by atoms with Gasteiger partial charge in [-0.05, 0) is 55.3 Å². The van der Waals surface area contributed by atoms with Crippen LogP contribution in [0.25, 0.3) is 16.5 Å². The summed E-state index contributed by atoms with van der Waals surface area (Å²) in [5.74, 6) is 2.08. The summed E-state index contributed by atoms with van der Waals surface area (Å²) in [6.45, 7) is 2.12. The molecule has 4 N–H and O–H groups in total. The van der Waals surface area contributed by atoms with Crippen LogP contribution in [-0.4, -0.2) is 50.9 Å². The van der Waals surface area contributed by atoms with Crippen LogP contribution in [0.4, 0.5) is 26.9 Å². The summed E-state index contributed by atoms with van der Waals surface area (Å²) >= 11 is 0. The number of aromatic hydroxyl groups is 1. The number of nitrogens with zero attached hydrogens (tertiary/aromatic N) is 4. The molecule has 0 aliphatic heterocycles. The molecule has 0 fully saturated rings. The molecule has 11 heteroatoms. The van der Waals surface area contributed by atoms with Crippen LogP contribution in [0.15, 0.2) is 85.1 Å². The first-order valence-corrected chi connectivity index (χ1v) is 13.9. The van der Waals surface area contributed by atoms with Gasteiger partial charge in [-0.3, -0.25) is 10.6 Å². The number of hydrogen-bond acceptors (Lipinski definition) is 6. The summed E-state index contributed by atoms with van der Waals surface area (Å²) in [6, 6.07) is 22.2. The van der Waals surface area contributed by atoms with Gasteiger partial charge in [0.2, 0.25) is 0 Å². The fourth-order valence-electron chi connectivity index (χ4n) is 4.42. The number of nitrogens with one attached hydrogen (secondary N) is 3. The topological polar surface area (TPSA) is 134 Å². The highest BCUT2D eigenvalue weighted by Crippen LogP contribution is 2.35. The molecule has 5 aromatic rings. The molecule has 0 saturated heterocycles. The first-order valence-electron chi connectivity index (χ1n) is 13.9. The number of aryl methyl sites for hydroxylation is 1. The number of phenolic OH excluding ortho intramolecular Hbond substituents is 1. The zero-order valence-electron chi connectivity index (χ0n) is 24.2. The summed E-state index contributed by atoms with van der Waals surface area (Å²) in [7, 11) is 3.29. The molecule has 220 valence electrons. The Morgan fingerprint density at radius 3 is 2.44 bits per heavy atom. The highest BCUT2D eigenvalue weighted by molar-refractivity contribution is 6.07. The summed E-state index contributed by atoms with van der Waals surface area (Å²) in [6.07, 6.45) is 4.34. The Kier molecular flexibility index (Phi) is 8.71. The molecule has 0 aliphatic carbocycles. The Hall–Kier alpha value is -5.58. The largest absolute Gasteiger partial charge is 0.508 e. The lowest BCUT2D eigenvalue weighted by molar-refractivity contribution is 0.230. The Morgan fingerprint density at radius 1 is 0.930 bits per heavy atom. The molecular formula is C32H33N7O4. The fourth-order valence-corrected chi connectivity index (χ4v) is 4.42. The van der Waals surface area contributed by atoms with Gasteiger partial charge in [0, 0.05) is 43.2 Å². The van der Waals surface area contributed by atoms with Crippen molar-refractivity contribution >= 4 is 40.2 Å². The minimum absolute atomic E-state index is 0.147. The van der Waals surface area contributed by atoms with E-state index in [1.54, 1.807) is 73.5 Å². The van der Waals surface area contributed by atoms with Gasteiger partial charge in [0.25, 0.3) is 0 Å². The number of phenols is 1. The molecule has 0 unspecified atom stereocenters. The van der Waals surface area contributed by atoms with E-state index in [-0.39, 0.29) is 11.8 Å². The van der Waals surface area contributed by atoms with Crippen molar-refractivity contribution in [3.8, 4) is 22.9 Å². The number of pyridine rings is 1. The van der Waals surface area contributed by atoms with Crippen LogP contribution >= 0.6 is 0 Å². The predicted molar refractivity (Wildman–Crippen MR) is 167 cm³/mol. The molecular weight excluding hydrogens is 546 g/mol. The number of hydrogen-bond donors (Lipinski definition) is 4. The van der Waals surface area contributed by atoms with Crippen molar-refractivity contribution in [2.24, 2.45) is 0 Å². The van der Waals surface area contributed by atoms with E-state index in [9.17, 15) is 14.7 Å².